The molecule has 0 saturated carbocycles. The normalized spacial score (nSPS) is 9.81. The quantitative estimate of drug-likeness (QED) is 0.880. The Balaban J connectivity index is 2.11. The third kappa shape index (κ3) is 4.15. The second-order valence-electron chi connectivity index (χ2n) is 4.30. The number of aromatic nitrogens is 1. The Labute approximate surface area is 128 Å². The lowest BCUT2D eigenvalue weighted by Crippen LogP contribution is -2.29. The summed E-state index contributed by atoms with van der Waals surface area (Å²) in [6.45, 7) is 2.98. The molecule has 108 valence electrons. The average molecular weight is 300 g/mol. The smallest absolute Gasteiger partial charge is 0.264 e. The van der Waals surface area contributed by atoms with Crippen molar-refractivity contribution in [3.8, 4) is 11.8 Å². The lowest BCUT2D eigenvalue weighted by Gasteiger charge is -2.20. The minimum Gasteiger partial charge on any atom is -0.384 e. The van der Waals surface area contributed by atoms with Crippen LogP contribution in [0.25, 0.3) is 0 Å². The van der Waals surface area contributed by atoms with Crippen LogP contribution in [0, 0.1) is 11.8 Å². The predicted molar refractivity (Wildman–Crippen MR) is 82.9 cm³/mol. The van der Waals surface area contributed by atoms with E-state index in [1.165, 1.54) is 11.3 Å². The van der Waals surface area contributed by atoms with Crippen LogP contribution in [0.5, 0.6) is 0 Å². The molecule has 1 amide bonds. The van der Waals surface area contributed by atoms with Crippen molar-refractivity contribution in [3.63, 3.8) is 0 Å². The van der Waals surface area contributed by atoms with Crippen molar-refractivity contribution >= 4 is 17.2 Å². The maximum Gasteiger partial charge on any atom is 0.264 e. The van der Waals surface area contributed by atoms with Crippen LogP contribution in [0.4, 0.5) is 0 Å². The van der Waals surface area contributed by atoms with E-state index in [0.29, 0.717) is 18.0 Å². The molecule has 2 rings (SSSR count). The van der Waals surface area contributed by atoms with Gasteiger partial charge in [-0.25, -0.2) is 0 Å². The molecule has 0 aliphatic rings. The van der Waals surface area contributed by atoms with Gasteiger partial charge in [-0.3, -0.25) is 9.78 Å². The van der Waals surface area contributed by atoms with Crippen LogP contribution in [-0.2, 0) is 6.54 Å². The number of pyridine rings is 1. The van der Waals surface area contributed by atoms with Crippen molar-refractivity contribution in [3.05, 3.63) is 52.0 Å². The minimum absolute atomic E-state index is 0.00337. The zero-order valence-electron chi connectivity index (χ0n) is 11.7. The summed E-state index contributed by atoms with van der Waals surface area (Å²) in [7, 11) is 0. The van der Waals surface area contributed by atoms with Crippen molar-refractivity contribution in [2.75, 3.05) is 13.2 Å². The van der Waals surface area contributed by atoms with E-state index in [2.05, 4.69) is 16.8 Å². The molecule has 2 heterocycles. The van der Waals surface area contributed by atoms with Gasteiger partial charge in [-0.1, -0.05) is 11.8 Å². The van der Waals surface area contributed by atoms with E-state index in [9.17, 15) is 4.79 Å². The maximum atomic E-state index is 12.5. The van der Waals surface area contributed by atoms with Gasteiger partial charge >= 0.3 is 0 Å². The lowest BCUT2D eigenvalue weighted by atomic mass is 10.2. The second kappa shape index (κ2) is 7.58. The largest absolute Gasteiger partial charge is 0.384 e. The van der Waals surface area contributed by atoms with Crippen LogP contribution in [0.15, 0.2) is 36.7 Å². The molecule has 0 fully saturated rings. The van der Waals surface area contributed by atoms with Crippen LogP contribution >= 0.6 is 11.3 Å². The van der Waals surface area contributed by atoms with Crippen LogP contribution < -0.4 is 0 Å². The topological polar surface area (TPSA) is 53.4 Å². The molecule has 21 heavy (non-hydrogen) atoms. The summed E-state index contributed by atoms with van der Waals surface area (Å²) < 4.78 is 0. The Hall–Kier alpha value is -2.16. The fourth-order valence-electron chi connectivity index (χ4n) is 1.84. The van der Waals surface area contributed by atoms with Crippen LogP contribution in [0.1, 0.15) is 27.0 Å². The summed E-state index contributed by atoms with van der Waals surface area (Å²) in [6, 6.07) is 7.40. The molecule has 1 N–H and O–H groups in total. The Morgan fingerprint density at radius 3 is 2.76 bits per heavy atom. The molecular formula is C16H16N2O2S. The van der Waals surface area contributed by atoms with Gasteiger partial charge in [-0.2, -0.15) is 0 Å². The predicted octanol–water partition coefficient (Wildman–Crippen LogP) is 2.15. The molecule has 0 radical (unpaired) electrons. The Morgan fingerprint density at radius 2 is 2.10 bits per heavy atom. The molecule has 0 aliphatic heterocycles. The molecule has 4 nitrogen and oxygen atoms in total. The highest BCUT2D eigenvalue weighted by Crippen LogP contribution is 2.18. The van der Waals surface area contributed by atoms with Crippen molar-refractivity contribution in [2.45, 2.75) is 13.5 Å². The number of amides is 1. The van der Waals surface area contributed by atoms with Gasteiger partial charge in [0.1, 0.15) is 6.61 Å². The molecule has 0 saturated heterocycles. The van der Waals surface area contributed by atoms with Gasteiger partial charge < -0.3 is 10.0 Å². The van der Waals surface area contributed by atoms with E-state index in [4.69, 9.17) is 5.11 Å². The zero-order chi connectivity index (χ0) is 15.1. The first-order chi connectivity index (χ1) is 10.2. The SMILES string of the molecule is CCN(Cc1ccncc1)C(=O)c1ccc(C#CCO)s1. The van der Waals surface area contributed by atoms with Gasteiger partial charge in [0.05, 0.1) is 9.75 Å². The van der Waals surface area contributed by atoms with E-state index < -0.39 is 0 Å². The number of rotatable bonds is 4. The fraction of sp³-hybridized carbons (Fsp3) is 0.250. The third-order valence-corrected chi connectivity index (χ3v) is 3.89. The minimum atomic E-state index is -0.176. The summed E-state index contributed by atoms with van der Waals surface area (Å²) in [6.07, 6.45) is 3.45. The molecule has 0 aliphatic carbocycles. The Morgan fingerprint density at radius 1 is 1.33 bits per heavy atom. The summed E-state index contributed by atoms with van der Waals surface area (Å²) in [5.74, 6) is 5.40. The first-order valence-corrected chi connectivity index (χ1v) is 7.44. The van der Waals surface area contributed by atoms with Gasteiger partial charge in [0.25, 0.3) is 5.91 Å². The van der Waals surface area contributed by atoms with Crippen LogP contribution in [-0.4, -0.2) is 34.0 Å². The van der Waals surface area contributed by atoms with E-state index in [0.717, 1.165) is 10.4 Å². The summed E-state index contributed by atoms with van der Waals surface area (Å²) in [4.78, 5) is 19.7. The third-order valence-electron chi connectivity index (χ3n) is 2.90. The van der Waals surface area contributed by atoms with Gasteiger partial charge in [0.15, 0.2) is 0 Å². The van der Waals surface area contributed by atoms with Crippen LogP contribution in [0.3, 0.4) is 0 Å². The number of carbonyl (C=O) groups excluding carboxylic acids is 1. The average Bonchev–Trinajstić information content (AvgIpc) is 3.00. The highest BCUT2D eigenvalue weighted by Gasteiger charge is 2.16. The molecular weight excluding hydrogens is 284 g/mol. The number of thiophene rings is 1. The molecule has 0 atom stereocenters. The number of nitrogens with zero attached hydrogens (tertiary/aromatic N) is 2. The van der Waals surface area contributed by atoms with Gasteiger partial charge in [-0.05, 0) is 36.8 Å². The number of carbonyl (C=O) groups is 1. The van der Waals surface area contributed by atoms with E-state index in [-0.39, 0.29) is 12.5 Å². The second-order valence-corrected chi connectivity index (χ2v) is 5.38. The van der Waals surface area contributed by atoms with Gasteiger partial charge in [0.2, 0.25) is 0 Å². The Bertz CT molecular complexity index is 656. The van der Waals surface area contributed by atoms with Crippen LogP contribution in [0.2, 0.25) is 0 Å². The van der Waals surface area contributed by atoms with Crippen molar-refractivity contribution in [1.29, 1.82) is 0 Å². The number of hydrogen-bond donors (Lipinski definition) is 1. The summed E-state index contributed by atoms with van der Waals surface area (Å²) in [5.41, 5.74) is 1.05. The van der Waals surface area contributed by atoms with E-state index in [1.807, 2.05) is 19.1 Å². The zero-order valence-corrected chi connectivity index (χ0v) is 12.6. The summed E-state index contributed by atoms with van der Waals surface area (Å²) in [5, 5.41) is 8.68. The lowest BCUT2D eigenvalue weighted by molar-refractivity contribution is 0.0757. The Kier molecular flexibility index (Phi) is 5.50. The standard InChI is InChI=1S/C16H16N2O2S/c1-2-18(12-13-7-9-17-10-8-13)16(20)15-6-5-14(21-15)4-3-11-19/h5-10,19H,2,11-12H2,1H3. The van der Waals surface area contributed by atoms with Gasteiger partial charge in [0, 0.05) is 25.5 Å². The molecule has 0 bridgehead atoms. The number of hydrogen-bond acceptors (Lipinski definition) is 4. The van der Waals surface area contributed by atoms with E-state index in [1.54, 1.807) is 29.4 Å². The molecule has 0 aromatic carbocycles. The first-order valence-electron chi connectivity index (χ1n) is 6.62. The molecule has 2 aromatic heterocycles. The molecule has 5 heteroatoms. The molecule has 0 unspecified atom stereocenters. The van der Waals surface area contributed by atoms with Gasteiger partial charge in [-0.15, -0.1) is 11.3 Å². The highest BCUT2D eigenvalue weighted by molar-refractivity contribution is 7.14. The van der Waals surface area contributed by atoms with Crippen molar-refractivity contribution in [2.24, 2.45) is 0 Å². The first kappa shape index (κ1) is 15.2. The monoisotopic (exact) mass is 300 g/mol. The number of aliphatic hydroxyl groups is 1. The van der Waals surface area contributed by atoms with E-state index >= 15 is 0 Å². The molecule has 2 aromatic rings. The molecule has 0 spiro atoms. The summed E-state index contributed by atoms with van der Waals surface area (Å²) >= 11 is 1.35. The highest BCUT2D eigenvalue weighted by atomic mass is 32.1. The van der Waals surface area contributed by atoms with Crippen molar-refractivity contribution < 1.29 is 9.90 Å². The fourth-order valence-corrected chi connectivity index (χ4v) is 2.69. The van der Waals surface area contributed by atoms with Crippen molar-refractivity contribution in [1.82, 2.24) is 9.88 Å². The number of aliphatic hydroxyl groups excluding tert-OH is 1. The maximum absolute atomic E-state index is 12.5.